The van der Waals surface area contributed by atoms with Crippen LogP contribution in [0.4, 0.5) is 5.82 Å². The van der Waals surface area contributed by atoms with Crippen LogP contribution < -0.4 is 11.1 Å². The minimum atomic E-state index is -0.583. The van der Waals surface area contributed by atoms with Gasteiger partial charge in [-0.25, -0.2) is 0 Å². The Kier molecular flexibility index (Phi) is 5.20. The molecule has 112 valence electrons. The number of aryl methyl sites for hydroxylation is 1. The number of hydrogen-bond acceptors (Lipinski definition) is 5. The van der Waals surface area contributed by atoms with Crippen LogP contribution in [-0.2, 0) is 11.3 Å². The van der Waals surface area contributed by atoms with Crippen LogP contribution in [0, 0.1) is 17.0 Å². The third kappa shape index (κ3) is 4.02. The predicted octanol–water partition coefficient (Wildman–Crippen LogP) is 0.733. The van der Waals surface area contributed by atoms with E-state index in [4.69, 9.17) is 5.73 Å². The van der Waals surface area contributed by atoms with Gasteiger partial charge in [0.15, 0.2) is 0 Å². The monoisotopic (exact) mass is 283 g/mol. The quantitative estimate of drug-likeness (QED) is 0.565. The second-order valence-corrected chi connectivity index (χ2v) is 4.88. The molecule has 0 aromatic carbocycles. The molecule has 8 heteroatoms. The molecular formula is C12H21N5O3. The van der Waals surface area contributed by atoms with E-state index in [1.807, 2.05) is 13.8 Å². The predicted molar refractivity (Wildman–Crippen MR) is 74.1 cm³/mol. The van der Waals surface area contributed by atoms with Crippen molar-refractivity contribution in [2.75, 3.05) is 6.54 Å². The Hall–Kier alpha value is -1.96. The molecule has 1 aromatic rings. The molecule has 0 fully saturated rings. The highest BCUT2D eigenvalue weighted by atomic mass is 16.6. The maximum atomic E-state index is 11.8. The minimum Gasteiger partial charge on any atom is -0.358 e. The van der Waals surface area contributed by atoms with Gasteiger partial charge in [-0.2, -0.15) is 0 Å². The van der Waals surface area contributed by atoms with Gasteiger partial charge in [-0.05, 0) is 22.7 Å². The van der Waals surface area contributed by atoms with Crippen molar-refractivity contribution >= 4 is 11.7 Å². The second kappa shape index (κ2) is 6.47. The van der Waals surface area contributed by atoms with E-state index in [0.717, 1.165) is 12.8 Å². The van der Waals surface area contributed by atoms with Crippen molar-refractivity contribution in [3.05, 3.63) is 22.1 Å². The molecule has 0 aliphatic rings. The zero-order valence-corrected chi connectivity index (χ0v) is 12.0. The third-order valence-corrected chi connectivity index (χ3v) is 3.51. The standard InChI is InChI=1S/C12H21N5O3/c1-4-12(13,5-2)8-14-11(18)7-16-6-10(17(19)20)15-9(16)3/h6H,4-5,7-8,13H2,1-3H3,(H,14,18). The smallest absolute Gasteiger partial charge is 0.358 e. The molecule has 0 spiro atoms. The van der Waals surface area contributed by atoms with Crippen molar-refractivity contribution in [2.45, 2.75) is 45.7 Å². The van der Waals surface area contributed by atoms with Crippen LogP contribution in [-0.4, -0.2) is 32.5 Å². The molecule has 0 radical (unpaired) electrons. The maximum absolute atomic E-state index is 11.8. The van der Waals surface area contributed by atoms with E-state index in [0.29, 0.717) is 12.4 Å². The zero-order chi connectivity index (χ0) is 15.3. The van der Waals surface area contributed by atoms with Crippen molar-refractivity contribution in [1.29, 1.82) is 0 Å². The van der Waals surface area contributed by atoms with Gasteiger partial charge in [0.05, 0.1) is 0 Å². The molecule has 0 saturated carbocycles. The fourth-order valence-corrected chi connectivity index (χ4v) is 1.72. The Bertz CT molecular complexity index is 493. The van der Waals surface area contributed by atoms with Gasteiger partial charge in [0.25, 0.3) is 0 Å². The lowest BCUT2D eigenvalue weighted by atomic mass is 9.94. The van der Waals surface area contributed by atoms with Crippen molar-refractivity contribution in [1.82, 2.24) is 14.9 Å². The van der Waals surface area contributed by atoms with Crippen molar-refractivity contribution < 1.29 is 9.72 Å². The van der Waals surface area contributed by atoms with Gasteiger partial charge in [-0.1, -0.05) is 13.8 Å². The Labute approximate surface area is 117 Å². The molecule has 0 unspecified atom stereocenters. The van der Waals surface area contributed by atoms with Crippen LogP contribution in [0.1, 0.15) is 32.5 Å². The number of amides is 1. The van der Waals surface area contributed by atoms with Crippen molar-refractivity contribution in [3.8, 4) is 0 Å². The summed E-state index contributed by atoms with van der Waals surface area (Å²) < 4.78 is 1.45. The molecule has 1 heterocycles. The molecule has 0 saturated heterocycles. The van der Waals surface area contributed by atoms with Crippen LogP contribution in [0.25, 0.3) is 0 Å². The molecule has 0 atom stereocenters. The van der Waals surface area contributed by atoms with Gasteiger partial charge in [0.1, 0.15) is 12.7 Å². The summed E-state index contributed by atoms with van der Waals surface area (Å²) in [5, 5.41) is 13.4. The van der Waals surface area contributed by atoms with Crippen LogP contribution in [0.5, 0.6) is 0 Å². The van der Waals surface area contributed by atoms with Gasteiger partial charge in [0, 0.05) is 19.0 Å². The number of aromatic nitrogens is 2. The first-order chi connectivity index (χ1) is 9.31. The topological polar surface area (TPSA) is 116 Å². The van der Waals surface area contributed by atoms with Crippen LogP contribution >= 0.6 is 0 Å². The van der Waals surface area contributed by atoms with Gasteiger partial charge in [-0.3, -0.25) is 9.36 Å². The molecule has 3 N–H and O–H groups in total. The molecule has 20 heavy (non-hydrogen) atoms. The van der Waals surface area contributed by atoms with E-state index in [1.54, 1.807) is 6.92 Å². The van der Waals surface area contributed by atoms with E-state index in [1.165, 1.54) is 10.8 Å². The highest BCUT2D eigenvalue weighted by Crippen LogP contribution is 2.11. The lowest BCUT2D eigenvalue weighted by Crippen LogP contribution is -2.49. The number of nitro groups is 1. The SMILES string of the molecule is CCC(N)(CC)CNC(=O)Cn1cc([N+](=O)[O-])nc1C. The molecule has 0 bridgehead atoms. The molecule has 8 nitrogen and oxygen atoms in total. The minimum absolute atomic E-state index is 0.00379. The average molecular weight is 283 g/mol. The van der Waals surface area contributed by atoms with Crippen molar-refractivity contribution in [2.24, 2.45) is 5.73 Å². The van der Waals surface area contributed by atoms with E-state index >= 15 is 0 Å². The maximum Gasteiger partial charge on any atom is 0.381 e. The first-order valence-corrected chi connectivity index (χ1v) is 6.55. The van der Waals surface area contributed by atoms with E-state index in [-0.39, 0.29) is 18.3 Å². The number of nitrogens with one attached hydrogen (secondary N) is 1. The van der Waals surface area contributed by atoms with Gasteiger partial charge >= 0.3 is 5.82 Å². The number of imidazole rings is 1. The normalized spacial score (nSPS) is 11.4. The summed E-state index contributed by atoms with van der Waals surface area (Å²) in [6.45, 7) is 5.94. The number of hydrogen-bond donors (Lipinski definition) is 2. The molecule has 0 aliphatic carbocycles. The number of carbonyl (C=O) groups is 1. The summed E-state index contributed by atoms with van der Waals surface area (Å²) >= 11 is 0. The number of carbonyl (C=O) groups excluding carboxylic acids is 1. The molecule has 1 amide bonds. The van der Waals surface area contributed by atoms with Gasteiger partial charge in [-0.15, -0.1) is 0 Å². The second-order valence-electron chi connectivity index (χ2n) is 4.88. The van der Waals surface area contributed by atoms with Crippen LogP contribution in [0.2, 0.25) is 0 Å². The summed E-state index contributed by atoms with van der Waals surface area (Å²) in [5.74, 6) is -0.0699. The summed E-state index contributed by atoms with van der Waals surface area (Å²) in [6.07, 6.45) is 2.78. The first kappa shape index (κ1) is 16.1. The Morgan fingerprint density at radius 1 is 1.55 bits per heavy atom. The van der Waals surface area contributed by atoms with Crippen LogP contribution in [0.3, 0.4) is 0 Å². The fourth-order valence-electron chi connectivity index (χ4n) is 1.72. The summed E-state index contributed by atoms with van der Waals surface area (Å²) in [7, 11) is 0. The molecular weight excluding hydrogens is 262 g/mol. The highest BCUT2D eigenvalue weighted by molar-refractivity contribution is 5.75. The van der Waals surface area contributed by atoms with E-state index in [2.05, 4.69) is 10.3 Å². The summed E-state index contributed by atoms with van der Waals surface area (Å²) in [6, 6.07) is 0. The Morgan fingerprint density at radius 3 is 2.60 bits per heavy atom. The van der Waals surface area contributed by atoms with Gasteiger partial charge < -0.3 is 21.2 Å². The zero-order valence-electron chi connectivity index (χ0n) is 12.0. The Morgan fingerprint density at radius 2 is 2.15 bits per heavy atom. The highest BCUT2D eigenvalue weighted by Gasteiger charge is 2.22. The third-order valence-electron chi connectivity index (χ3n) is 3.51. The largest absolute Gasteiger partial charge is 0.381 e. The molecule has 1 aromatic heterocycles. The first-order valence-electron chi connectivity index (χ1n) is 6.55. The fraction of sp³-hybridized carbons (Fsp3) is 0.667. The van der Waals surface area contributed by atoms with E-state index in [9.17, 15) is 14.9 Å². The molecule has 1 rings (SSSR count). The van der Waals surface area contributed by atoms with Crippen LogP contribution in [0.15, 0.2) is 6.20 Å². The van der Waals surface area contributed by atoms with Crippen molar-refractivity contribution in [3.63, 3.8) is 0 Å². The summed E-state index contributed by atoms with van der Waals surface area (Å²) in [4.78, 5) is 25.6. The Balaban J connectivity index is 2.61. The number of rotatable bonds is 7. The average Bonchev–Trinajstić information content (AvgIpc) is 2.78. The van der Waals surface area contributed by atoms with Gasteiger partial charge in [0.2, 0.25) is 11.7 Å². The lowest BCUT2D eigenvalue weighted by molar-refractivity contribution is -0.389. The number of nitrogens with zero attached hydrogens (tertiary/aromatic N) is 3. The summed E-state index contributed by atoms with van der Waals surface area (Å²) in [5.41, 5.74) is 5.68. The van der Waals surface area contributed by atoms with E-state index < -0.39 is 10.5 Å². The number of nitrogens with two attached hydrogens (primary N) is 1. The lowest BCUT2D eigenvalue weighted by Gasteiger charge is -2.26. The molecule has 0 aliphatic heterocycles.